The Morgan fingerprint density at radius 2 is 1.71 bits per heavy atom. The summed E-state index contributed by atoms with van der Waals surface area (Å²) >= 11 is 0. The highest BCUT2D eigenvalue weighted by Gasteiger charge is 2.08. The van der Waals surface area contributed by atoms with Crippen LogP contribution in [-0.4, -0.2) is 44.0 Å². The topological polar surface area (TPSA) is 118 Å². The third-order valence-electron chi connectivity index (χ3n) is 4.03. The minimum Gasteiger partial charge on any atom is -0.489 e. The standard InChI is InChI=1S/C21H26FN5O3.HI/c1-14(30-18-9-7-17(22)8-10-18)11-26-21(24-2)27-12-15-3-5-16(6-4-15)20(29)25-13-19(23)28;/h3-10,14H,11-13H2,1-2H3,(H2,23,28)(H,25,29)(H2,24,26,27);1H. The van der Waals surface area contributed by atoms with Crippen LogP contribution in [0.1, 0.15) is 22.8 Å². The summed E-state index contributed by atoms with van der Waals surface area (Å²) in [5.74, 6) is -0.0835. The summed E-state index contributed by atoms with van der Waals surface area (Å²) < 4.78 is 18.7. The molecule has 0 saturated carbocycles. The molecule has 0 fully saturated rings. The number of hydrogen-bond donors (Lipinski definition) is 4. The van der Waals surface area contributed by atoms with Gasteiger partial charge in [-0.1, -0.05) is 12.1 Å². The Hall–Kier alpha value is -2.89. The SMILES string of the molecule is CN=C(NCc1ccc(C(=O)NCC(N)=O)cc1)NCC(C)Oc1ccc(F)cc1.I. The molecule has 0 spiro atoms. The zero-order valence-corrected chi connectivity index (χ0v) is 19.7. The van der Waals surface area contributed by atoms with E-state index < -0.39 is 5.91 Å². The summed E-state index contributed by atoms with van der Waals surface area (Å²) in [4.78, 5) is 26.8. The minimum atomic E-state index is -0.597. The molecule has 0 aliphatic heterocycles. The van der Waals surface area contributed by atoms with E-state index in [9.17, 15) is 14.0 Å². The Morgan fingerprint density at radius 3 is 2.29 bits per heavy atom. The number of primary amides is 1. The molecule has 31 heavy (non-hydrogen) atoms. The second-order valence-corrected chi connectivity index (χ2v) is 6.53. The largest absolute Gasteiger partial charge is 0.489 e. The van der Waals surface area contributed by atoms with E-state index in [2.05, 4.69) is 20.9 Å². The Morgan fingerprint density at radius 1 is 1.06 bits per heavy atom. The number of nitrogens with one attached hydrogen (secondary N) is 3. The third-order valence-corrected chi connectivity index (χ3v) is 4.03. The van der Waals surface area contributed by atoms with E-state index >= 15 is 0 Å². The highest BCUT2D eigenvalue weighted by molar-refractivity contribution is 14.0. The maximum Gasteiger partial charge on any atom is 0.251 e. The van der Waals surface area contributed by atoms with Gasteiger partial charge in [-0.05, 0) is 48.9 Å². The number of nitrogens with two attached hydrogens (primary N) is 1. The van der Waals surface area contributed by atoms with Gasteiger partial charge in [0.05, 0.1) is 13.1 Å². The predicted molar refractivity (Wildman–Crippen MR) is 128 cm³/mol. The smallest absolute Gasteiger partial charge is 0.251 e. The molecule has 168 valence electrons. The molecule has 10 heteroatoms. The molecule has 2 rings (SSSR count). The van der Waals surface area contributed by atoms with E-state index in [1.54, 1.807) is 43.4 Å². The van der Waals surface area contributed by atoms with Gasteiger partial charge in [0.1, 0.15) is 17.7 Å². The highest BCUT2D eigenvalue weighted by atomic mass is 127. The first kappa shape index (κ1) is 26.1. The molecule has 8 nitrogen and oxygen atoms in total. The van der Waals surface area contributed by atoms with Crippen molar-refractivity contribution in [3.8, 4) is 5.75 Å². The van der Waals surface area contributed by atoms with Gasteiger partial charge in [0.25, 0.3) is 5.91 Å². The van der Waals surface area contributed by atoms with Crippen molar-refractivity contribution in [2.24, 2.45) is 10.7 Å². The number of aliphatic imine (C=N–C) groups is 1. The first-order valence-electron chi connectivity index (χ1n) is 9.39. The van der Waals surface area contributed by atoms with Crippen molar-refractivity contribution in [3.63, 3.8) is 0 Å². The van der Waals surface area contributed by atoms with Crippen LogP contribution in [0.5, 0.6) is 5.75 Å². The van der Waals surface area contributed by atoms with Crippen molar-refractivity contribution >= 4 is 41.8 Å². The number of amides is 2. The van der Waals surface area contributed by atoms with Crippen molar-refractivity contribution < 1.29 is 18.7 Å². The van der Waals surface area contributed by atoms with Gasteiger partial charge in [-0.15, -0.1) is 24.0 Å². The number of carbonyl (C=O) groups excluding carboxylic acids is 2. The van der Waals surface area contributed by atoms with Crippen molar-refractivity contribution in [1.82, 2.24) is 16.0 Å². The van der Waals surface area contributed by atoms with Crippen LogP contribution in [-0.2, 0) is 11.3 Å². The number of carbonyl (C=O) groups is 2. The van der Waals surface area contributed by atoms with Gasteiger partial charge in [0, 0.05) is 19.2 Å². The molecule has 5 N–H and O–H groups in total. The van der Waals surface area contributed by atoms with E-state index in [4.69, 9.17) is 10.5 Å². The van der Waals surface area contributed by atoms with Gasteiger partial charge in [0.2, 0.25) is 5.91 Å². The molecule has 0 radical (unpaired) electrons. The molecular formula is C21H27FIN5O3. The average molecular weight is 543 g/mol. The van der Waals surface area contributed by atoms with Crippen LogP contribution in [0.4, 0.5) is 4.39 Å². The number of ether oxygens (including phenoxy) is 1. The normalized spacial score (nSPS) is 11.6. The molecule has 1 atom stereocenters. The van der Waals surface area contributed by atoms with E-state index in [1.807, 2.05) is 6.92 Å². The van der Waals surface area contributed by atoms with Gasteiger partial charge in [0.15, 0.2) is 5.96 Å². The number of nitrogens with zero attached hydrogens (tertiary/aromatic N) is 1. The lowest BCUT2D eigenvalue weighted by atomic mass is 10.1. The molecule has 2 aromatic carbocycles. The minimum absolute atomic E-state index is 0. The lowest BCUT2D eigenvalue weighted by molar-refractivity contribution is -0.117. The average Bonchev–Trinajstić information content (AvgIpc) is 2.74. The van der Waals surface area contributed by atoms with Crippen LogP contribution in [0.2, 0.25) is 0 Å². The van der Waals surface area contributed by atoms with Crippen molar-refractivity contribution in [2.75, 3.05) is 20.1 Å². The summed E-state index contributed by atoms with van der Waals surface area (Å²) in [7, 11) is 1.66. The Labute approximate surface area is 197 Å². The number of guanidine groups is 1. The maximum absolute atomic E-state index is 12.9. The zero-order valence-electron chi connectivity index (χ0n) is 17.4. The molecule has 0 aliphatic carbocycles. The molecule has 0 aromatic heterocycles. The fraction of sp³-hybridized carbons (Fsp3) is 0.286. The van der Waals surface area contributed by atoms with Gasteiger partial charge in [-0.25, -0.2) is 4.39 Å². The summed E-state index contributed by atoms with van der Waals surface area (Å²) in [5.41, 5.74) is 6.39. The lowest BCUT2D eigenvalue weighted by Crippen LogP contribution is -2.41. The molecule has 1 unspecified atom stereocenters. The van der Waals surface area contributed by atoms with Gasteiger partial charge < -0.3 is 26.4 Å². The van der Waals surface area contributed by atoms with Crippen LogP contribution in [0.3, 0.4) is 0 Å². The van der Waals surface area contributed by atoms with Crippen LogP contribution in [0, 0.1) is 5.82 Å². The van der Waals surface area contributed by atoms with Crippen LogP contribution in [0.25, 0.3) is 0 Å². The molecule has 2 amide bonds. The molecular weight excluding hydrogens is 516 g/mol. The number of halogens is 2. The van der Waals surface area contributed by atoms with Crippen molar-refractivity contribution in [3.05, 3.63) is 65.5 Å². The van der Waals surface area contributed by atoms with Gasteiger partial charge in [-0.3, -0.25) is 14.6 Å². The molecule has 0 heterocycles. The fourth-order valence-electron chi connectivity index (χ4n) is 2.48. The highest BCUT2D eigenvalue weighted by Crippen LogP contribution is 2.12. The summed E-state index contributed by atoms with van der Waals surface area (Å²) in [6, 6.07) is 12.8. The summed E-state index contributed by atoms with van der Waals surface area (Å²) in [5, 5.41) is 8.77. The Bertz CT molecular complexity index is 876. The van der Waals surface area contributed by atoms with Crippen LogP contribution < -0.4 is 26.4 Å². The monoisotopic (exact) mass is 543 g/mol. The van der Waals surface area contributed by atoms with Crippen molar-refractivity contribution in [1.29, 1.82) is 0 Å². The third kappa shape index (κ3) is 9.64. The van der Waals surface area contributed by atoms with E-state index in [0.29, 0.717) is 30.4 Å². The van der Waals surface area contributed by atoms with E-state index in [1.165, 1.54) is 12.1 Å². The van der Waals surface area contributed by atoms with E-state index in [-0.39, 0.29) is 48.3 Å². The van der Waals surface area contributed by atoms with Crippen molar-refractivity contribution in [2.45, 2.75) is 19.6 Å². The Kier molecular flexibility index (Phi) is 11.3. The van der Waals surface area contributed by atoms with E-state index in [0.717, 1.165) is 5.56 Å². The molecule has 0 bridgehead atoms. The van der Waals surface area contributed by atoms with Gasteiger partial charge in [-0.2, -0.15) is 0 Å². The first-order valence-corrected chi connectivity index (χ1v) is 9.39. The second-order valence-electron chi connectivity index (χ2n) is 6.53. The van der Waals surface area contributed by atoms with Crippen LogP contribution in [0.15, 0.2) is 53.5 Å². The second kappa shape index (κ2) is 13.4. The predicted octanol–water partition coefficient (Wildman–Crippen LogP) is 1.79. The number of hydrogen-bond acceptors (Lipinski definition) is 4. The van der Waals surface area contributed by atoms with Gasteiger partial charge >= 0.3 is 0 Å². The molecule has 0 saturated heterocycles. The quantitative estimate of drug-likeness (QED) is 0.219. The first-order chi connectivity index (χ1) is 14.4. The zero-order chi connectivity index (χ0) is 21.9. The summed E-state index contributed by atoms with van der Waals surface area (Å²) in [6.07, 6.45) is -0.160. The lowest BCUT2D eigenvalue weighted by Gasteiger charge is -2.18. The Balaban J connectivity index is 0.00000480. The molecule has 0 aliphatic rings. The number of benzene rings is 2. The summed E-state index contributed by atoms with van der Waals surface area (Å²) in [6.45, 7) is 2.69. The fourth-order valence-corrected chi connectivity index (χ4v) is 2.48. The number of rotatable bonds is 9. The molecule has 2 aromatic rings. The van der Waals surface area contributed by atoms with Crippen LogP contribution >= 0.6 is 24.0 Å². The maximum atomic E-state index is 12.9.